The van der Waals surface area contributed by atoms with Crippen LogP contribution < -0.4 is 4.90 Å². The van der Waals surface area contributed by atoms with Crippen molar-refractivity contribution in [3.05, 3.63) is 90.5 Å². The maximum Gasteiger partial charge on any atom is 0.251 e. The van der Waals surface area contributed by atoms with Crippen molar-refractivity contribution < 1.29 is 19.5 Å². The van der Waals surface area contributed by atoms with Crippen LogP contribution in [0.25, 0.3) is 0 Å². The smallest absolute Gasteiger partial charge is 0.251 e. The molecule has 0 saturated carbocycles. The fourth-order valence-electron chi connectivity index (χ4n) is 8.04. The van der Waals surface area contributed by atoms with E-state index in [-0.39, 0.29) is 46.9 Å². The van der Waals surface area contributed by atoms with Gasteiger partial charge in [-0.05, 0) is 49.3 Å². The molecule has 3 amide bonds. The number of fused-ring (bicyclic) bond motifs is 1. The molecule has 3 aliphatic heterocycles. The van der Waals surface area contributed by atoms with E-state index in [2.05, 4.69) is 42.9 Å². The molecule has 3 fully saturated rings. The number of hydrogen-bond donors (Lipinski definition) is 1. The number of carbonyl (C=O) groups excluding carboxylic acids is 3. The number of amides is 3. The molecule has 7 atom stereocenters. The Morgan fingerprint density at radius 2 is 1.72 bits per heavy atom. The Kier molecular flexibility index (Phi) is 10.5. The Labute approximate surface area is 286 Å². The lowest BCUT2D eigenvalue weighted by atomic mass is 9.70. The van der Waals surface area contributed by atoms with E-state index in [1.54, 1.807) is 38.6 Å². The highest BCUT2D eigenvalue weighted by Crippen LogP contribution is 2.68. The van der Waals surface area contributed by atoms with E-state index in [9.17, 15) is 14.7 Å². The number of aryl methyl sites for hydroxylation is 2. The minimum absolute atomic E-state index is 0.0567. The Balaban J connectivity index is 1.62. The number of halogens is 1. The molecule has 3 saturated heterocycles. The Bertz CT molecular complexity index is 1460. The lowest BCUT2D eigenvalue weighted by Crippen LogP contribution is -2.58. The normalized spacial score (nSPS) is 27.1. The van der Waals surface area contributed by atoms with Crippen molar-refractivity contribution in [2.45, 2.75) is 74.0 Å². The maximum absolute atomic E-state index is 15.2. The van der Waals surface area contributed by atoms with Crippen molar-refractivity contribution in [2.75, 3.05) is 24.6 Å². The molecular formula is C37H46BrN3O4S. The van der Waals surface area contributed by atoms with Gasteiger partial charge in [-0.3, -0.25) is 14.4 Å². The number of benzene rings is 2. The molecule has 246 valence electrons. The number of likely N-dealkylation sites (tertiary alicyclic amines) is 1. The zero-order valence-corrected chi connectivity index (χ0v) is 29.7. The summed E-state index contributed by atoms with van der Waals surface area (Å²) in [6.45, 7) is 16.7. The third-order valence-corrected chi connectivity index (χ3v) is 13.0. The van der Waals surface area contributed by atoms with Gasteiger partial charge >= 0.3 is 0 Å². The van der Waals surface area contributed by atoms with Crippen molar-refractivity contribution in [2.24, 2.45) is 17.8 Å². The Morgan fingerprint density at radius 1 is 1.07 bits per heavy atom. The van der Waals surface area contributed by atoms with Crippen LogP contribution in [0.3, 0.4) is 0 Å². The van der Waals surface area contributed by atoms with Gasteiger partial charge in [0.05, 0.1) is 29.2 Å². The molecule has 0 radical (unpaired) electrons. The number of nitrogens with zero attached hydrogens (tertiary/aromatic N) is 3. The van der Waals surface area contributed by atoms with Gasteiger partial charge in [-0.2, -0.15) is 0 Å². The average molecular weight is 709 g/mol. The topological polar surface area (TPSA) is 81.2 Å². The van der Waals surface area contributed by atoms with E-state index in [1.165, 1.54) is 0 Å². The van der Waals surface area contributed by atoms with Gasteiger partial charge in [0.15, 0.2) is 0 Å². The van der Waals surface area contributed by atoms with Crippen LogP contribution in [0.1, 0.15) is 43.4 Å². The first kappa shape index (κ1) is 34.5. The van der Waals surface area contributed by atoms with Crippen LogP contribution in [-0.2, 0) is 20.9 Å². The zero-order valence-electron chi connectivity index (χ0n) is 27.3. The van der Waals surface area contributed by atoms with Crippen molar-refractivity contribution in [1.29, 1.82) is 0 Å². The number of carbonyl (C=O) groups is 3. The lowest BCUT2D eigenvalue weighted by molar-refractivity contribution is -0.145. The summed E-state index contributed by atoms with van der Waals surface area (Å²) in [5.41, 5.74) is 3.72. The number of aliphatic hydroxyl groups is 1. The average Bonchev–Trinajstić information content (AvgIpc) is 3.62. The van der Waals surface area contributed by atoms with Crippen LogP contribution in [0.2, 0.25) is 0 Å². The minimum Gasteiger partial charge on any atom is -0.394 e. The number of alkyl halides is 1. The molecule has 5 rings (SSSR count). The molecule has 9 heteroatoms. The Morgan fingerprint density at radius 3 is 2.30 bits per heavy atom. The highest BCUT2D eigenvalue weighted by molar-refractivity contribution is 9.09. The molecule has 3 heterocycles. The van der Waals surface area contributed by atoms with Gasteiger partial charge < -0.3 is 19.8 Å². The van der Waals surface area contributed by atoms with Gasteiger partial charge in [-0.1, -0.05) is 90.5 Å². The quantitative estimate of drug-likeness (QED) is 0.207. The van der Waals surface area contributed by atoms with Gasteiger partial charge in [0.25, 0.3) is 5.91 Å². The third-order valence-electron chi connectivity index (χ3n) is 9.76. The van der Waals surface area contributed by atoms with E-state index in [0.717, 1.165) is 22.4 Å². The van der Waals surface area contributed by atoms with Crippen LogP contribution in [0, 0.1) is 31.6 Å². The fourth-order valence-corrected chi connectivity index (χ4v) is 11.6. The molecular weight excluding hydrogens is 662 g/mol. The highest BCUT2D eigenvalue weighted by atomic mass is 79.9. The zero-order chi connectivity index (χ0) is 33.3. The summed E-state index contributed by atoms with van der Waals surface area (Å²) in [4.78, 5) is 49.8. The summed E-state index contributed by atoms with van der Waals surface area (Å²) in [6, 6.07) is 14.4. The summed E-state index contributed by atoms with van der Waals surface area (Å²) in [5.74, 6) is -1.62. The predicted octanol–water partition coefficient (Wildman–Crippen LogP) is 5.91. The standard InChI is InChI=1S/C37H46BrN3O4S/c1-7-17-39(21-26-15-10-9-11-16-26)34(43)29-30-35(44)41(27(22-42)19-23(3)4)33(37(30)20-28(38)32(29)46-37)36(45)40(18-8-2)31-24(5)13-12-14-25(31)6/h7-16,23,27-30,32-33,42H,1-2,17-22H2,3-6H3/t27-,28?,29-,30+,32-,33?,37?/m1/s1. The molecule has 3 unspecified atom stereocenters. The van der Waals surface area contributed by atoms with E-state index in [1.807, 2.05) is 62.4 Å². The minimum atomic E-state index is -0.852. The van der Waals surface area contributed by atoms with Crippen LogP contribution in [0.4, 0.5) is 5.69 Å². The van der Waals surface area contributed by atoms with E-state index >= 15 is 4.79 Å². The first-order valence-electron chi connectivity index (χ1n) is 16.2. The van der Waals surface area contributed by atoms with Crippen LogP contribution in [0.5, 0.6) is 0 Å². The highest BCUT2D eigenvalue weighted by Gasteiger charge is 2.76. The second-order valence-electron chi connectivity index (χ2n) is 13.3. The first-order valence-corrected chi connectivity index (χ1v) is 18.0. The maximum atomic E-state index is 15.2. The SMILES string of the molecule is C=CCN(Cc1ccccc1)C(=O)[C@H]1[C@@H]2SC3(CC2Br)C(C(=O)N(CC=C)c2c(C)cccc2C)N([C@@H](CO)CC(C)C)C(=O)[C@H]13. The van der Waals surface area contributed by atoms with E-state index < -0.39 is 28.7 Å². The van der Waals surface area contributed by atoms with Gasteiger partial charge in [-0.25, -0.2) is 0 Å². The first-order chi connectivity index (χ1) is 22.0. The summed E-state index contributed by atoms with van der Waals surface area (Å²) < 4.78 is -0.833. The molecule has 2 aromatic rings. The number of aliphatic hydroxyl groups excluding tert-OH is 1. The lowest BCUT2D eigenvalue weighted by Gasteiger charge is -2.41. The van der Waals surface area contributed by atoms with Crippen LogP contribution in [0.15, 0.2) is 73.8 Å². The van der Waals surface area contributed by atoms with Crippen molar-refractivity contribution in [3.63, 3.8) is 0 Å². The number of rotatable bonds is 13. The fraction of sp³-hybridized carbons (Fsp3) is 0.486. The second kappa shape index (κ2) is 14.1. The number of hydrogen-bond acceptors (Lipinski definition) is 5. The predicted molar refractivity (Wildman–Crippen MR) is 190 cm³/mol. The van der Waals surface area contributed by atoms with Gasteiger partial charge in [0.2, 0.25) is 11.8 Å². The summed E-state index contributed by atoms with van der Waals surface area (Å²) in [6.07, 6.45) is 4.55. The largest absolute Gasteiger partial charge is 0.394 e. The Hall–Kier alpha value is -2.88. The van der Waals surface area contributed by atoms with Crippen molar-refractivity contribution in [3.8, 4) is 0 Å². The molecule has 1 N–H and O–H groups in total. The number of thioether (sulfide) groups is 1. The molecule has 3 aliphatic rings. The monoisotopic (exact) mass is 707 g/mol. The number of para-hydroxylation sites is 1. The molecule has 2 aromatic carbocycles. The summed E-state index contributed by atoms with van der Waals surface area (Å²) in [7, 11) is 0. The molecule has 1 spiro atoms. The van der Waals surface area contributed by atoms with Crippen molar-refractivity contribution in [1.82, 2.24) is 9.80 Å². The van der Waals surface area contributed by atoms with E-state index in [4.69, 9.17) is 0 Å². The molecule has 7 nitrogen and oxygen atoms in total. The number of anilines is 1. The summed E-state index contributed by atoms with van der Waals surface area (Å²) in [5, 5.41) is 10.6. The van der Waals surface area contributed by atoms with Gasteiger partial charge in [0.1, 0.15) is 6.04 Å². The van der Waals surface area contributed by atoms with Crippen LogP contribution in [-0.4, -0.2) is 79.2 Å². The molecule has 2 bridgehead atoms. The van der Waals surface area contributed by atoms with Gasteiger partial charge in [0, 0.05) is 35.4 Å². The van der Waals surface area contributed by atoms with Crippen molar-refractivity contribution >= 4 is 51.1 Å². The molecule has 0 aromatic heterocycles. The van der Waals surface area contributed by atoms with Gasteiger partial charge in [-0.15, -0.1) is 24.9 Å². The third kappa shape index (κ3) is 5.99. The van der Waals surface area contributed by atoms with E-state index in [0.29, 0.717) is 25.9 Å². The molecule has 0 aliphatic carbocycles. The summed E-state index contributed by atoms with van der Waals surface area (Å²) >= 11 is 5.53. The van der Waals surface area contributed by atoms with Crippen LogP contribution >= 0.6 is 27.7 Å². The molecule has 46 heavy (non-hydrogen) atoms. The second-order valence-corrected chi connectivity index (χ2v) is 16.1.